The van der Waals surface area contributed by atoms with E-state index in [1.807, 2.05) is 17.0 Å². The third kappa shape index (κ3) is 6.63. The second-order valence-corrected chi connectivity index (χ2v) is 11.8. The molecule has 1 saturated heterocycles. The van der Waals surface area contributed by atoms with E-state index in [4.69, 9.17) is 0 Å². The molecule has 1 aliphatic heterocycles. The molecule has 0 aliphatic carbocycles. The first-order chi connectivity index (χ1) is 19.4. The van der Waals surface area contributed by atoms with Crippen molar-refractivity contribution in [1.82, 2.24) is 15.1 Å². The summed E-state index contributed by atoms with van der Waals surface area (Å²) >= 11 is 0. The summed E-state index contributed by atoms with van der Waals surface area (Å²) in [5, 5.41) is 3.25. The molecule has 206 valence electrons. The number of piperazine rings is 1. The van der Waals surface area contributed by atoms with Gasteiger partial charge in [0.15, 0.2) is 0 Å². The topological polar surface area (TPSA) is 35.6 Å². The molecule has 5 rings (SSSR count). The molecule has 0 saturated carbocycles. The second kappa shape index (κ2) is 12.5. The Bertz CT molecular complexity index is 1300. The number of nitrogens with one attached hydrogen (secondary N) is 1. The molecule has 1 fully saturated rings. The molecule has 40 heavy (non-hydrogen) atoms. The molecule has 4 aromatic rings. The van der Waals surface area contributed by atoms with Crippen LogP contribution in [-0.4, -0.2) is 48.6 Å². The SMILES string of the molecule is CC(C)(C)c1ccc(C(c2ccccc2)N2CCN(C(=O)NCC(c3ccccc3)c3ccccc3)CC2)cc1. The first kappa shape index (κ1) is 27.7. The Kier molecular flexibility index (Phi) is 8.66. The Hall–Kier alpha value is -3.89. The van der Waals surface area contributed by atoms with Crippen LogP contribution in [0.25, 0.3) is 0 Å². The highest BCUT2D eigenvalue weighted by atomic mass is 16.2. The molecule has 0 radical (unpaired) electrons. The molecule has 2 amide bonds. The molecular formula is C36H41N3O. The van der Waals surface area contributed by atoms with Crippen LogP contribution in [0, 0.1) is 0 Å². The lowest BCUT2D eigenvalue weighted by molar-refractivity contribution is 0.120. The van der Waals surface area contributed by atoms with E-state index in [9.17, 15) is 4.79 Å². The van der Waals surface area contributed by atoms with Crippen LogP contribution in [0.1, 0.15) is 60.5 Å². The molecule has 1 heterocycles. The lowest BCUT2D eigenvalue weighted by Gasteiger charge is -2.40. The van der Waals surface area contributed by atoms with Crippen molar-refractivity contribution < 1.29 is 4.79 Å². The van der Waals surface area contributed by atoms with Crippen LogP contribution < -0.4 is 5.32 Å². The van der Waals surface area contributed by atoms with Gasteiger partial charge in [0.25, 0.3) is 0 Å². The Morgan fingerprint density at radius 3 is 1.57 bits per heavy atom. The largest absolute Gasteiger partial charge is 0.337 e. The molecule has 4 nitrogen and oxygen atoms in total. The van der Waals surface area contributed by atoms with Crippen molar-refractivity contribution >= 4 is 6.03 Å². The average Bonchev–Trinajstić information content (AvgIpc) is 2.99. The number of hydrogen-bond donors (Lipinski definition) is 1. The van der Waals surface area contributed by atoms with Crippen LogP contribution in [0.2, 0.25) is 0 Å². The van der Waals surface area contributed by atoms with Gasteiger partial charge in [0.05, 0.1) is 6.04 Å². The van der Waals surface area contributed by atoms with Crippen molar-refractivity contribution in [3.8, 4) is 0 Å². The van der Waals surface area contributed by atoms with Crippen LogP contribution in [0.15, 0.2) is 115 Å². The van der Waals surface area contributed by atoms with Gasteiger partial charge in [-0.25, -0.2) is 4.79 Å². The summed E-state index contributed by atoms with van der Waals surface area (Å²) < 4.78 is 0. The van der Waals surface area contributed by atoms with Gasteiger partial charge in [0.2, 0.25) is 0 Å². The van der Waals surface area contributed by atoms with Crippen LogP contribution in [0.4, 0.5) is 4.79 Å². The lowest BCUT2D eigenvalue weighted by atomic mass is 9.85. The third-order valence-electron chi connectivity index (χ3n) is 8.04. The number of rotatable bonds is 7. The maximum atomic E-state index is 13.3. The fraction of sp³-hybridized carbons (Fsp3) is 0.306. The number of carbonyl (C=O) groups is 1. The zero-order chi connectivity index (χ0) is 28.0. The highest BCUT2D eigenvalue weighted by Crippen LogP contribution is 2.32. The number of urea groups is 1. The zero-order valence-electron chi connectivity index (χ0n) is 24.0. The minimum atomic E-state index is 0.0160. The van der Waals surface area contributed by atoms with E-state index in [1.54, 1.807) is 0 Å². The predicted molar refractivity (Wildman–Crippen MR) is 165 cm³/mol. The molecule has 1 unspecified atom stereocenters. The van der Waals surface area contributed by atoms with Crippen molar-refractivity contribution in [2.75, 3.05) is 32.7 Å². The molecule has 1 N–H and O–H groups in total. The summed E-state index contributed by atoms with van der Waals surface area (Å²) in [7, 11) is 0. The van der Waals surface area contributed by atoms with Crippen molar-refractivity contribution in [3.05, 3.63) is 143 Å². The van der Waals surface area contributed by atoms with Gasteiger partial charge in [-0.3, -0.25) is 4.90 Å². The van der Waals surface area contributed by atoms with Crippen LogP contribution in [0.5, 0.6) is 0 Å². The van der Waals surface area contributed by atoms with Gasteiger partial charge in [0.1, 0.15) is 0 Å². The van der Waals surface area contributed by atoms with Gasteiger partial charge in [0, 0.05) is 38.6 Å². The number of carbonyl (C=O) groups excluding carboxylic acids is 1. The van der Waals surface area contributed by atoms with Crippen LogP contribution in [-0.2, 0) is 5.41 Å². The smallest absolute Gasteiger partial charge is 0.317 e. The number of amides is 2. The summed E-state index contributed by atoms with van der Waals surface area (Å²) in [5.41, 5.74) is 6.47. The summed E-state index contributed by atoms with van der Waals surface area (Å²) in [6.45, 7) is 10.4. The van der Waals surface area contributed by atoms with Gasteiger partial charge in [-0.1, -0.05) is 136 Å². The monoisotopic (exact) mass is 531 g/mol. The van der Waals surface area contributed by atoms with Crippen molar-refractivity contribution in [3.63, 3.8) is 0 Å². The molecule has 4 heteroatoms. The first-order valence-electron chi connectivity index (χ1n) is 14.4. The van der Waals surface area contributed by atoms with Crippen molar-refractivity contribution in [2.24, 2.45) is 0 Å². The van der Waals surface area contributed by atoms with E-state index in [0.29, 0.717) is 19.6 Å². The zero-order valence-corrected chi connectivity index (χ0v) is 24.0. The Labute approximate surface area is 239 Å². The van der Waals surface area contributed by atoms with E-state index < -0.39 is 0 Å². The van der Waals surface area contributed by atoms with Crippen LogP contribution in [0.3, 0.4) is 0 Å². The van der Waals surface area contributed by atoms with Gasteiger partial charge < -0.3 is 10.2 Å². The van der Waals surface area contributed by atoms with Gasteiger partial charge in [-0.2, -0.15) is 0 Å². The molecular weight excluding hydrogens is 490 g/mol. The number of benzene rings is 4. The Morgan fingerprint density at radius 1 is 0.650 bits per heavy atom. The van der Waals surface area contributed by atoms with Gasteiger partial charge >= 0.3 is 6.03 Å². The molecule has 0 spiro atoms. The highest BCUT2D eigenvalue weighted by Gasteiger charge is 2.29. The Balaban J connectivity index is 1.26. The number of nitrogens with zero attached hydrogens (tertiary/aromatic N) is 2. The van der Waals surface area contributed by atoms with E-state index in [1.165, 1.54) is 27.8 Å². The molecule has 1 atom stereocenters. The average molecular weight is 532 g/mol. The second-order valence-electron chi connectivity index (χ2n) is 11.8. The van der Waals surface area contributed by atoms with E-state index in [2.05, 4.69) is 134 Å². The maximum Gasteiger partial charge on any atom is 0.317 e. The number of hydrogen-bond acceptors (Lipinski definition) is 2. The van der Waals surface area contributed by atoms with Gasteiger partial charge in [-0.05, 0) is 33.2 Å². The van der Waals surface area contributed by atoms with E-state index in [0.717, 1.165) is 13.1 Å². The molecule has 0 bridgehead atoms. The molecule has 4 aromatic carbocycles. The summed E-state index contributed by atoms with van der Waals surface area (Å²) in [4.78, 5) is 17.8. The molecule has 0 aromatic heterocycles. The summed E-state index contributed by atoms with van der Waals surface area (Å²) in [6.07, 6.45) is 0. The van der Waals surface area contributed by atoms with Crippen molar-refractivity contribution in [1.29, 1.82) is 0 Å². The maximum absolute atomic E-state index is 13.3. The van der Waals surface area contributed by atoms with Crippen LogP contribution >= 0.6 is 0 Å². The van der Waals surface area contributed by atoms with Gasteiger partial charge in [-0.15, -0.1) is 0 Å². The quantitative estimate of drug-likeness (QED) is 0.273. The minimum absolute atomic E-state index is 0.0160. The van der Waals surface area contributed by atoms with E-state index in [-0.39, 0.29) is 23.4 Å². The first-order valence-corrected chi connectivity index (χ1v) is 14.4. The van der Waals surface area contributed by atoms with E-state index >= 15 is 0 Å². The summed E-state index contributed by atoms with van der Waals surface area (Å²) in [5.74, 6) is 0.117. The lowest BCUT2D eigenvalue weighted by Crippen LogP contribution is -2.53. The third-order valence-corrected chi connectivity index (χ3v) is 8.04. The minimum Gasteiger partial charge on any atom is -0.337 e. The summed E-state index contributed by atoms with van der Waals surface area (Å²) in [6, 6.07) is 40.9. The predicted octanol–water partition coefficient (Wildman–Crippen LogP) is 7.23. The Morgan fingerprint density at radius 2 is 1.10 bits per heavy atom. The molecule has 1 aliphatic rings. The normalized spacial score (nSPS) is 15.2. The standard InChI is InChI=1S/C36H41N3O/c1-36(2,3)32-21-19-31(20-22-32)34(30-17-11-6-12-18-30)38-23-25-39(26-24-38)35(40)37-27-33(28-13-7-4-8-14-28)29-15-9-5-10-16-29/h4-22,33-34H,23-27H2,1-3H3,(H,37,40). The fourth-order valence-electron chi connectivity index (χ4n) is 5.70. The fourth-order valence-corrected chi connectivity index (χ4v) is 5.70. The van der Waals surface area contributed by atoms with Crippen molar-refractivity contribution in [2.45, 2.75) is 38.1 Å². The highest BCUT2D eigenvalue weighted by molar-refractivity contribution is 5.74.